The Morgan fingerprint density at radius 1 is 0.892 bits per heavy atom. The molecule has 0 aliphatic heterocycles. The molecule has 1 aromatic rings. The molecule has 0 fully saturated rings. The van der Waals surface area contributed by atoms with Crippen LogP contribution in [-0.4, -0.2) is 30.9 Å². The summed E-state index contributed by atoms with van der Waals surface area (Å²) in [5.41, 5.74) is 1.20. The van der Waals surface area contributed by atoms with E-state index in [1.54, 1.807) is 0 Å². The quantitative estimate of drug-likeness (QED) is 0.0624. The molecule has 1 unspecified atom stereocenters. The average Bonchev–Trinajstić information content (AvgIpc) is 2.93. The van der Waals surface area contributed by atoms with Gasteiger partial charge in [0.15, 0.2) is 0 Å². The first-order chi connectivity index (χ1) is 18.0. The summed E-state index contributed by atoms with van der Waals surface area (Å²) < 4.78 is 17.0. The third-order valence-electron chi connectivity index (χ3n) is 6.81. The van der Waals surface area contributed by atoms with Crippen molar-refractivity contribution in [1.82, 2.24) is 0 Å². The van der Waals surface area contributed by atoms with E-state index in [2.05, 4.69) is 30.9 Å². The van der Waals surface area contributed by atoms with Crippen LogP contribution in [0.3, 0.4) is 0 Å². The molecule has 0 heterocycles. The molecule has 0 N–H and O–H groups in total. The van der Waals surface area contributed by atoms with Crippen LogP contribution in [0.5, 0.6) is 0 Å². The minimum absolute atomic E-state index is 0.148. The number of unbranched alkanes of at least 4 members (excludes halogenated alkanes) is 9. The molecule has 5 nitrogen and oxygen atoms in total. The molecule has 0 amide bonds. The van der Waals surface area contributed by atoms with Crippen LogP contribution in [0.1, 0.15) is 96.0 Å². The van der Waals surface area contributed by atoms with Gasteiger partial charge in [-0.25, -0.2) is 4.79 Å². The number of esters is 2. The molecule has 204 valence electrons. The molecule has 37 heavy (non-hydrogen) atoms. The van der Waals surface area contributed by atoms with Crippen molar-refractivity contribution < 1.29 is 23.8 Å². The normalized spacial score (nSPS) is 19.4. The molecule has 0 bridgehead atoms. The Kier molecular flexibility index (Phi) is 14.7. The highest BCUT2D eigenvalue weighted by Gasteiger charge is 2.34. The standard InChI is InChI=1S/C32H46O5/c1-4-27(3)31(34)37-32(23-21-29(22-24-32)28-19-15-14-16-20-28)36-26-18-13-11-9-7-6-8-10-12-17-25-35-30(33)5-2/h5,14-16,19-24,27,29H,2,4,6-13,17-18,25-26H2,1,3H3. The third-order valence-corrected chi connectivity index (χ3v) is 6.81. The minimum atomic E-state index is -1.12. The Bertz CT molecular complexity index is 843. The predicted octanol–water partition coefficient (Wildman–Crippen LogP) is 7.83. The van der Waals surface area contributed by atoms with Gasteiger partial charge in [0, 0.05) is 12.0 Å². The van der Waals surface area contributed by atoms with Gasteiger partial charge >= 0.3 is 11.9 Å². The number of benzene rings is 1. The topological polar surface area (TPSA) is 61.8 Å². The van der Waals surface area contributed by atoms with Gasteiger partial charge in [-0.1, -0.05) is 114 Å². The second-order valence-corrected chi connectivity index (χ2v) is 9.86. The molecule has 0 aromatic heterocycles. The van der Waals surface area contributed by atoms with Crippen molar-refractivity contribution >= 4 is 11.9 Å². The molecule has 0 saturated carbocycles. The number of hydrogen-bond acceptors (Lipinski definition) is 5. The number of rotatable bonds is 19. The van der Waals surface area contributed by atoms with Crippen molar-refractivity contribution in [3.05, 3.63) is 72.9 Å². The predicted molar refractivity (Wildman–Crippen MR) is 149 cm³/mol. The van der Waals surface area contributed by atoms with Crippen LogP contribution in [0, 0.1) is 5.92 Å². The maximum absolute atomic E-state index is 12.6. The maximum atomic E-state index is 12.6. The van der Waals surface area contributed by atoms with E-state index in [4.69, 9.17) is 14.2 Å². The summed E-state index contributed by atoms with van der Waals surface area (Å²) in [6.45, 7) is 8.31. The molecule has 0 saturated heterocycles. The van der Waals surface area contributed by atoms with Gasteiger partial charge in [0.1, 0.15) is 0 Å². The highest BCUT2D eigenvalue weighted by atomic mass is 16.7. The molecule has 2 rings (SSSR count). The van der Waals surface area contributed by atoms with Crippen LogP contribution in [0.15, 0.2) is 67.3 Å². The van der Waals surface area contributed by atoms with Crippen molar-refractivity contribution in [2.45, 2.75) is 96.2 Å². The Hall–Kier alpha value is -2.66. The lowest BCUT2D eigenvalue weighted by Crippen LogP contribution is -2.37. The van der Waals surface area contributed by atoms with E-state index < -0.39 is 5.79 Å². The fourth-order valence-corrected chi connectivity index (χ4v) is 4.19. The van der Waals surface area contributed by atoms with Crippen LogP contribution >= 0.6 is 0 Å². The molecule has 0 spiro atoms. The monoisotopic (exact) mass is 510 g/mol. The van der Waals surface area contributed by atoms with E-state index >= 15 is 0 Å². The van der Waals surface area contributed by atoms with Gasteiger partial charge < -0.3 is 14.2 Å². The zero-order valence-electron chi connectivity index (χ0n) is 22.9. The number of ether oxygens (including phenoxy) is 3. The summed E-state index contributed by atoms with van der Waals surface area (Å²) >= 11 is 0. The lowest BCUT2D eigenvalue weighted by molar-refractivity contribution is -0.196. The van der Waals surface area contributed by atoms with Gasteiger partial charge in [0.2, 0.25) is 0 Å². The summed E-state index contributed by atoms with van der Waals surface area (Å²) in [6.07, 6.45) is 21.2. The number of carbonyl (C=O) groups excluding carboxylic acids is 2. The zero-order chi connectivity index (χ0) is 26.8. The fraction of sp³-hybridized carbons (Fsp3) is 0.562. The van der Waals surface area contributed by atoms with E-state index in [-0.39, 0.29) is 23.8 Å². The Morgan fingerprint density at radius 3 is 1.97 bits per heavy atom. The van der Waals surface area contributed by atoms with Gasteiger partial charge in [0.25, 0.3) is 5.79 Å². The minimum Gasteiger partial charge on any atom is -0.463 e. The Morgan fingerprint density at radius 2 is 1.43 bits per heavy atom. The third kappa shape index (κ3) is 12.0. The SMILES string of the molecule is C=CC(=O)OCCCCCCCCCCCCOC1(OC(=O)C(C)CC)C=CC(c2ccccc2)C=C1. The Labute approximate surface area is 224 Å². The average molecular weight is 511 g/mol. The summed E-state index contributed by atoms with van der Waals surface area (Å²) in [4.78, 5) is 23.6. The van der Waals surface area contributed by atoms with Crippen molar-refractivity contribution in [2.75, 3.05) is 13.2 Å². The number of allylic oxidation sites excluding steroid dienone is 2. The second-order valence-electron chi connectivity index (χ2n) is 9.86. The van der Waals surface area contributed by atoms with Crippen LogP contribution in [0.25, 0.3) is 0 Å². The first kappa shape index (κ1) is 30.6. The lowest BCUT2D eigenvalue weighted by Gasteiger charge is -2.31. The highest BCUT2D eigenvalue weighted by Crippen LogP contribution is 2.31. The van der Waals surface area contributed by atoms with Crippen molar-refractivity contribution in [1.29, 1.82) is 0 Å². The highest BCUT2D eigenvalue weighted by molar-refractivity contribution is 5.81. The zero-order valence-corrected chi connectivity index (χ0v) is 22.9. The van der Waals surface area contributed by atoms with E-state index in [0.29, 0.717) is 13.2 Å². The molecule has 1 aromatic carbocycles. The Balaban J connectivity index is 1.64. The molecule has 5 heteroatoms. The van der Waals surface area contributed by atoms with Gasteiger partial charge in [-0.2, -0.15) is 0 Å². The number of carbonyl (C=O) groups is 2. The fourth-order valence-electron chi connectivity index (χ4n) is 4.19. The first-order valence-corrected chi connectivity index (χ1v) is 14.1. The van der Waals surface area contributed by atoms with Crippen molar-refractivity contribution in [3.63, 3.8) is 0 Å². The van der Waals surface area contributed by atoms with Crippen LogP contribution in [0.2, 0.25) is 0 Å². The largest absolute Gasteiger partial charge is 0.463 e. The summed E-state index contributed by atoms with van der Waals surface area (Å²) in [7, 11) is 0. The van der Waals surface area contributed by atoms with Gasteiger partial charge in [-0.3, -0.25) is 4.79 Å². The maximum Gasteiger partial charge on any atom is 0.330 e. The molecule has 0 radical (unpaired) electrons. The van der Waals surface area contributed by atoms with Crippen LogP contribution in [0.4, 0.5) is 0 Å². The molecular formula is C32H46O5. The van der Waals surface area contributed by atoms with Crippen LogP contribution < -0.4 is 0 Å². The van der Waals surface area contributed by atoms with E-state index in [1.165, 1.54) is 50.2 Å². The smallest absolute Gasteiger partial charge is 0.330 e. The second kappa shape index (κ2) is 17.7. The van der Waals surface area contributed by atoms with Crippen molar-refractivity contribution in [2.24, 2.45) is 5.92 Å². The molecular weight excluding hydrogens is 464 g/mol. The van der Waals surface area contributed by atoms with Crippen LogP contribution in [-0.2, 0) is 23.8 Å². The molecule has 1 atom stereocenters. The van der Waals surface area contributed by atoms with Gasteiger partial charge in [-0.05, 0) is 37.0 Å². The summed E-state index contributed by atoms with van der Waals surface area (Å²) in [5, 5.41) is 0. The van der Waals surface area contributed by atoms with Crippen molar-refractivity contribution in [3.8, 4) is 0 Å². The van der Waals surface area contributed by atoms with E-state index in [1.807, 2.05) is 44.2 Å². The molecule has 1 aliphatic rings. The van der Waals surface area contributed by atoms with Gasteiger partial charge in [-0.15, -0.1) is 0 Å². The molecule has 1 aliphatic carbocycles. The number of hydrogen-bond donors (Lipinski definition) is 0. The summed E-state index contributed by atoms with van der Waals surface area (Å²) in [5.74, 6) is -1.70. The van der Waals surface area contributed by atoms with E-state index in [9.17, 15) is 9.59 Å². The lowest BCUT2D eigenvalue weighted by atomic mass is 9.92. The van der Waals surface area contributed by atoms with E-state index in [0.717, 1.165) is 32.1 Å². The van der Waals surface area contributed by atoms with Gasteiger partial charge in [0.05, 0.1) is 19.1 Å². The first-order valence-electron chi connectivity index (χ1n) is 14.1. The summed E-state index contributed by atoms with van der Waals surface area (Å²) in [6, 6.07) is 10.3.